The molecule has 280 valence electrons. The van der Waals surface area contributed by atoms with Crippen LogP contribution in [0.1, 0.15) is 181 Å². The fraction of sp³-hybridized carbons (Fsp3) is 0.919. The number of carbonyl (C=O) groups is 1. The van der Waals surface area contributed by atoms with Crippen LogP contribution < -0.4 is 11.1 Å². The third-order valence-electron chi connectivity index (χ3n) is 8.67. The Morgan fingerprint density at radius 3 is 1.70 bits per heavy atom. The number of phosphoric ester groups is 1. The normalized spacial score (nSPS) is 15.1. The SMILES string of the molecule is CCCC/C=C\CCCCCC(O)CC(=O)NC(COP(=O)(O)OCCN)C(O)CCCCCCCCCCCCCCCCCC. The standard InChI is InChI=1S/C37H75N2O7P/c1-3-5-7-9-11-13-14-15-16-17-18-19-21-23-25-27-29-36(41)35(33-46-47(43,44)45-31-30-38)39-37(42)32-34(40)28-26-24-22-20-12-10-8-6-4-2/h10,12,34-36,40-41H,3-9,11,13-33,38H2,1-2H3,(H,39,42)(H,43,44)/b12-10-. The summed E-state index contributed by atoms with van der Waals surface area (Å²) < 4.78 is 22.0. The number of rotatable bonds is 36. The van der Waals surface area contributed by atoms with E-state index in [9.17, 15) is 24.5 Å². The summed E-state index contributed by atoms with van der Waals surface area (Å²) in [7, 11) is -4.37. The molecule has 0 saturated carbocycles. The van der Waals surface area contributed by atoms with Crippen molar-refractivity contribution in [1.82, 2.24) is 5.32 Å². The van der Waals surface area contributed by atoms with E-state index in [2.05, 4.69) is 31.3 Å². The molecule has 1 amide bonds. The fourth-order valence-corrected chi connectivity index (χ4v) is 6.45. The Bertz CT molecular complexity index is 771. The molecule has 0 saturated heterocycles. The van der Waals surface area contributed by atoms with Crippen LogP contribution >= 0.6 is 7.82 Å². The van der Waals surface area contributed by atoms with Crippen LogP contribution in [0.4, 0.5) is 0 Å². The van der Waals surface area contributed by atoms with Gasteiger partial charge in [0.15, 0.2) is 0 Å². The van der Waals surface area contributed by atoms with Gasteiger partial charge in [0.25, 0.3) is 0 Å². The first-order valence-electron chi connectivity index (χ1n) is 19.4. The lowest BCUT2D eigenvalue weighted by Crippen LogP contribution is -2.47. The first-order chi connectivity index (χ1) is 22.8. The van der Waals surface area contributed by atoms with E-state index in [1.165, 1.54) is 96.3 Å². The summed E-state index contributed by atoms with van der Waals surface area (Å²) in [6.45, 7) is 3.98. The molecule has 10 heteroatoms. The van der Waals surface area contributed by atoms with E-state index in [1.807, 2.05) is 0 Å². The number of aliphatic hydroxyl groups is 2. The van der Waals surface area contributed by atoms with E-state index < -0.39 is 32.0 Å². The van der Waals surface area contributed by atoms with Crippen LogP contribution in [-0.2, 0) is 18.4 Å². The van der Waals surface area contributed by atoms with Gasteiger partial charge in [-0.05, 0) is 32.1 Å². The van der Waals surface area contributed by atoms with Gasteiger partial charge >= 0.3 is 7.82 Å². The molecule has 6 N–H and O–H groups in total. The minimum atomic E-state index is -4.37. The topological polar surface area (TPSA) is 151 Å². The number of aliphatic hydroxyl groups excluding tert-OH is 2. The summed E-state index contributed by atoms with van der Waals surface area (Å²) in [4.78, 5) is 22.6. The van der Waals surface area contributed by atoms with Crippen molar-refractivity contribution in [3.05, 3.63) is 12.2 Å². The van der Waals surface area contributed by atoms with Crippen molar-refractivity contribution in [2.75, 3.05) is 19.8 Å². The van der Waals surface area contributed by atoms with E-state index in [-0.39, 0.29) is 26.2 Å². The van der Waals surface area contributed by atoms with Gasteiger partial charge in [-0.25, -0.2) is 4.57 Å². The Kier molecular flexibility index (Phi) is 33.1. The Morgan fingerprint density at radius 2 is 1.17 bits per heavy atom. The zero-order valence-corrected chi connectivity index (χ0v) is 31.3. The molecule has 0 fully saturated rings. The third kappa shape index (κ3) is 32.2. The van der Waals surface area contributed by atoms with Crippen LogP contribution in [0.25, 0.3) is 0 Å². The Morgan fingerprint density at radius 1 is 0.702 bits per heavy atom. The van der Waals surface area contributed by atoms with Crippen molar-refractivity contribution >= 4 is 13.7 Å². The molecule has 4 atom stereocenters. The molecule has 0 aromatic heterocycles. The lowest BCUT2D eigenvalue weighted by atomic mass is 10.0. The second kappa shape index (κ2) is 33.7. The van der Waals surface area contributed by atoms with Gasteiger partial charge in [0.05, 0.1) is 37.9 Å². The van der Waals surface area contributed by atoms with Crippen molar-refractivity contribution in [1.29, 1.82) is 0 Å². The zero-order chi connectivity index (χ0) is 34.9. The second-order valence-electron chi connectivity index (χ2n) is 13.3. The molecule has 47 heavy (non-hydrogen) atoms. The van der Waals surface area contributed by atoms with Gasteiger partial charge in [-0.15, -0.1) is 0 Å². The minimum absolute atomic E-state index is 0.0590. The maximum absolute atomic E-state index is 12.7. The number of phosphoric acid groups is 1. The predicted molar refractivity (Wildman–Crippen MR) is 195 cm³/mol. The Labute approximate surface area is 288 Å². The van der Waals surface area contributed by atoms with Crippen molar-refractivity contribution in [2.45, 2.75) is 199 Å². The number of hydrogen-bond donors (Lipinski definition) is 5. The lowest BCUT2D eigenvalue weighted by Gasteiger charge is -2.25. The highest BCUT2D eigenvalue weighted by molar-refractivity contribution is 7.47. The Balaban J connectivity index is 4.33. The molecular weight excluding hydrogens is 615 g/mol. The van der Waals surface area contributed by atoms with Gasteiger partial charge in [0.1, 0.15) is 0 Å². The van der Waals surface area contributed by atoms with E-state index in [0.717, 1.165) is 51.4 Å². The summed E-state index contributed by atoms with van der Waals surface area (Å²) in [5.74, 6) is -0.424. The quantitative estimate of drug-likeness (QED) is 0.0248. The van der Waals surface area contributed by atoms with Gasteiger partial charge in [0.2, 0.25) is 5.91 Å². The zero-order valence-electron chi connectivity index (χ0n) is 30.4. The molecule has 0 aliphatic carbocycles. The molecule has 0 heterocycles. The van der Waals surface area contributed by atoms with E-state index in [4.69, 9.17) is 14.8 Å². The molecule has 0 aliphatic rings. The molecule has 4 unspecified atom stereocenters. The molecule has 0 aromatic rings. The van der Waals surface area contributed by atoms with E-state index in [1.54, 1.807) is 0 Å². The van der Waals surface area contributed by atoms with Crippen LogP contribution in [-0.4, -0.2) is 59.0 Å². The number of hydrogen-bond acceptors (Lipinski definition) is 7. The number of unbranched alkanes of at least 4 members (excludes halogenated alkanes) is 20. The average Bonchev–Trinajstić information content (AvgIpc) is 3.04. The number of nitrogens with two attached hydrogens (primary N) is 1. The molecule has 0 aromatic carbocycles. The lowest BCUT2D eigenvalue weighted by molar-refractivity contribution is -0.125. The van der Waals surface area contributed by atoms with Crippen LogP contribution in [0.15, 0.2) is 12.2 Å². The first kappa shape index (κ1) is 46.2. The summed E-state index contributed by atoms with van der Waals surface area (Å²) >= 11 is 0. The van der Waals surface area contributed by atoms with Crippen LogP contribution in [0.5, 0.6) is 0 Å². The summed E-state index contributed by atoms with van der Waals surface area (Å²) in [5, 5.41) is 24.0. The number of carbonyl (C=O) groups excluding carboxylic acids is 1. The van der Waals surface area contributed by atoms with Crippen LogP contribution in [0.2, 0.25) is 0 Å². The maximum Gasteiger partial charge on any atom is 0.472 e. The van der Waals surface area contributed by atoms with Crippen molar-refractivity contribution in [2.24, 2.45) is 5.73 Å². The smallest absolute Gasteiger partial charge is 0.393 e. The van der Waals surface area contributed by atoms with E-state index >= 15 is 0 Å². The van der Waals surface area contributed by atoms with E-state index in [0.29, 0.717) is 12.8 Å². The molecule has 9 nitrogen and oxygen atoms in total. The van der Waals surface area contributed by atoms with Crippen LogP contribution in [0, 0.1) is 0 Å². The first-order valence-corrected chi connectivity index (χ1v) is 20.9. The van der Waals surface area contributed by atoms with Gasteiger partial charge in [-0.1, -0.05) is 154 Å². The molecular formula is C37H75N2O7P. The molecule has 0 rings (SSSR count). The highest BCUT2D eigenvalue weighted by atomic mass is 31.2. The summed E-state index contributed by atoms with van der Waals surface area (Å²) in [6, 6.07) is -0.896. The monoisotopic (exact) mass is 691 g/mol. The second-order valence-corrected chi connectivity index (χ2v) is 14.8. The van der Waals surface area contributed by atoms with Crippen molar-refractivity contribution in [3.8, 4) is 0 Å². The van der Waals surface area contributed by atoms with Gasteiger partial charge in [-0.3, -0.25) is 13.8 Å². The molecule has 0 aliphatic heterocycles. The molecule has 0 spiro atoms. The van der Waals surface area contributed by atoms with Gasteiger partial charge in [-0.2, -0.15) is 0 Å². The fourth-order valence-electron chi connectivity index (χ4n) is 5.69. The molecule has 0 radical (unpaired) electrons. The number of amides is 1. The predicted octanol–water partition coefficient (Wildman–Crippen LogP) is 9.02. The summed E-state index contributed by atoms with van der Waals surface area (Å²) in [5.41, 5.74) is 5.35. The third-order valence-corrected chi connectivity index (χ3v) is 9.66. The average molecular weight is 691 g/mol. The highest BCUT2D eigenvalue weighted by Gasteiger charge is 2.28. The number of allylic oxidation sites excluding steroid dienone is 2. The van der Waals surface area contributed by atoms with Gasteiger partial charge in [0, 0.05) is 6.54 Å². The van der Waals surface area contributed by atoms with Crippen molar-refractivity contribution < 1.29 is 33.5 Å². The Hall–Kier alpha value is -0.800. The van der Waals surface area contributed by atoms with Gasteiger partial charge < -0.3 is 26.2 Å². The van der Waals surface area contributed by atoms with Crippen molar-refractivity contribution in [3.63, 3.8) is 0 Å². The highest BCUT2D eigenvalue weighted by Crippen LogP contribution is 2.43. The minimum Gasteiger partial charge on any atom is -0.393 e. The largest absolute Gasteiger partial charge is 0.472 e. The number of nitrogens with one attached hydrogen (secondary N) is 1. The van der Waals surface area contributed by atoms with Crippen LogP contribution in [0.3, 0.4) is 0 Å². The summed E-state index contributed by atoms with van der Waals surface area (Å²) in [6.07, 6.45) is 31.2. The molecule has 0 bridgehead atoms. The maximum atomic E-state index is 12.7.